The van der Waals surface area contributed by atoms with Gasteiger partial charge >= 0.3 is 0 Å². The fourth-order valence-corrected chi connectivity index (χ4v) is 5.02. The molecule has 7 heteroatoms. The van der Waals surface area contributed by atoms with Gasteiger partial charge in [-0.15, -0.1) is 0 Å². The number of imidazole rings is 1. The Morgan fingerprint density at radius 3 is 2.43 bits per heavy atom. The van der Waals surface area contributed by atoms with Crippen LogP contribution in [0, 0.1) is 40.4 Å². The summed E-state index contributed by atoms with van der Waals surface area (Å²) in [5.74, 6) is 1.08. The van der Waals surface area contributed by atoms with Gasteiger partial charge in [0.25, 0.3) is 5.91 Å². The Balaban J connectivity index is 1.63. The number of rotatable bonds is 5. The molecule has 0 bridgehead atoms. The smallest absolute Gasteiger partial charge is 0.258 e. The molecule has 3 heterocycles. The maximum absolute atomic E-state index is 14.3. The van der Waals surface area contributed by atoms with Crippen LogP contribution in [0.25, 0.3) is 11.1 Å². The normalized spacial score (nSPS) is 13.4. The van der Waals surface area contributed by atoms with Crippen LogP contribution in [0.3, 0.4) is 0 Å². The van der Waals surface area contributed by atoms with Gasteiger partial charge in [-0.25, -0.2) is 9.37 Å². The number of carbonyl (C=O) groups is 1. The van der Waals surface area contributed by atoms with E-state index in [0.717, 1.165) is 45.0 Å². The molecule has 2 aromatic heterocycles. The Morgan fingerprint density at radius 1 is 0.919 bits per heavy atom. The average molecular weight is 499 g/mol. The highest BCUT2D eigenvalue weighted by Gasteiger charge is 2.28. The third-order valence-electron chi connectivity index (χ3n) is 6.85. The van der Waals surface area contributed by atoms with Crippen molar-refractivity contribution in [2.24, 2.45) is 0 Å². The number of ether oxygens (including phenoxy) is 1. The predicted molar refractivity (Wildman–Crippen MR) is 141 cm³/mol. The van der Waals surface area contributed by atoms with Crippen LogP contribution >= 0.6 is 0 Å². The van der Waals surface area contributed by atoms with Crippen LogP contribution in [0.4, 0.5) is 4.39 Å². The molecule has 4 aromatic rings. The van der Waals surface area contributed by atoms with Crippen molar-refractivity contribution in [3.63, 3.8) is 0 Å². The molecule has 0 atom stereocenters. The van der Waals surface area contributed by atoms with Crippen molar-refractivity contribution in [2.45, 2.75) is 47.7 Å². The minimum atomic E-state index is -0.248. The van der Waals surface area contributed by atoms with E-state index in [0.29, 0.717) is 43.1 Å². The summed E-state index contributed by atoms with van der Waals surface area (Å²) >= 11 is 0. The highest BCUT2D eigenvalue weighted by Crippen LogP contribution is 2.39. The van der Waals surface area contributed by atoms with E-state index in [2.05, 4.69) is 9.97 Å². The van der Waals surface area contributed by atoms with Gasteiger partial charge in [0.1, 0.15) is 24.0 Å². The molecule has 1 aliphatic rings. The minimum absolute atomic E-state index is 0.101. The zero-order valence-corrected chi connectivity index (χ0v) is 21.9. The Hall–Kier alpha value is -4.00. The molecule has 37 heavy (non-hydrogen) atoms. The second kappa shape index (κ2) is 9.81. The highest BCUT2D eigenvalue weighted by atomic mass is 19.1. The van der Waals surface area contributed by atoms with Gasteiger partial charge in [-0.1, -0.05) is 0 Å². The maximum atomic E-state index is 14.3. The summed E-state index contributed by atoms with van der Waals surface area (Å²) < 4.78 is 22.6. The van der Waals surface area contributed by atoms with Crippen LogP contribution in [-0.4, -0.2) is 38.5 Å². The van der Waals surface area contributed by atoms with Gasteiger partial charge in [0, 0.05) is 30.2 Å². The Morgan fingerprint density at radius 2 is 1.70 bits per heavy atom. The number of aryl methyl sites for hydroxylation is 5. The summed E-state index contributed by atoms with van der Waals surface area (Å²) in [7, 11) is 0. The molecule has 1 aliphatic heterocycles. The molecule has 0 fully saturated rings. The summed E-state index contributed by atoms with van der Waals surface area (Å²) in [6.07, 6.45) is 3.68. The van der Waals surface area contributed by atoms with Crippen molar-refractivity contribution in [3.8, 4) is 16.9 Å². The molecule has 0 spiro atoms. The lowest BCUT2D eigenvalue weighted by Crippen LogP contribution is -2.32. The second-order valence-corrected chi connectivity index (χ2v) is 9.89. The number of amides is 1. The van der Waals surface area contributed by atoms with Crippen LogP contribution in [0.2, 0.25) is 0 Å². The average Bonchev–Trinajstić information content (AvgIpc) is 3.17. The van der Waals surface area contributed by atoms with Gasteiger partial charge in [-0.2, -0.15) is 0 Å². The zero-order chi connectivity index (χ0) is 26.3. The van der Waals surface area contributed by atoms with Gasteiger partial charge in [-0.05, 0) is 98.8 Å². The van der Waals surface area contributed by atoms with Crippen LogP contribution in [0.15, 0.2) is 48.8 Å². The number of pyridine rings is 1. The first-order chi connectivity index (χ1) is 17.7. The topological polar surface area (TPSA) is 60.3 Å². The summed E-state index contributed by atoms with van der Waals surface area (Å²) in [4.78, 5) is 24.7. The summed E-state index contributed by atoms with van der Waals surface area (Å²) in [5, 5.41) is 0. The standard InChI is InChI=1S/C30H31FN4O2/c1-18-10-21(4)33-24(11-18)17-35-8-9-37-29-26(25-12-20(3)28(31)13-19(25)2)14-23(15-27(29)30(35)36)16-34-7-6-32-22(34)5/h6-7,10-15H,8-9,16-17H2,1-5H3. The lowest BCUT2D eigenvalue weighted by Gasteiger charge is -2.21. The molecule has 0 aliphatic carbocycles. The van der Waals surface area contributed by atoms with Gasteiger partial charge < -0.3 is 14.2 Å². The van der Waals surface area contributed by atoms with E-state index < -0.39 is 0 Å². The molecule has 0 radical (unpaired) electrons. The summed E-state index contributed by atoms with van der Waals surface area (Å²) in [6.45, 7) is 11.3. The fourth-order valence-electron chi connectivity index (χ4n) is 5.02. The molecule has 0 N–H and O–H groups in total. The Labute approximate surface area is 216 Å². The quantitative estimate of drug-likeness (QED) is 0.354. The third-order valence-corrected chi connectivity index (χ3v) is 6.85. The number of hydrogen-bond acceptors (Lipinski definition) is 4. The van der Waals surface area contributed by atoms with Crippen LogP contribution in [0.5, 0.6) is 5.75 Å². The Kier molecular flexibility index (Phi) is 6.54. The lowest BCUT2D eigenvalue weighted by molar-refractivity contribution is 0.0740. The predicted octanol–water partition coefficient (Wildman–Crippen LogP) is 5.71. The number of nitrogens with zero attached hydrogens (tertiary/aromatic N) is 4. The van der Waals surface area contributed by atoms with Crippen molar-refractivity contribution in [3.05, 3.63) is 99.6 Å². The largest absolute Gasteiger partial charge is 0.490 e. The molecule has 6 nitrogen and oxygen atoms in total. The van der Waals surface area contributed by atoms with Crippen molar-refractivity contribution >= 4 is 5.91 Å². The molecule has 2 aromatic carbocycles. The van der Waals surface area contributed by atoms with Gasteiger partial charge in [0.15, 0.2) is 0 Å². The summed E-state index contributed by atoms with van der Waals surface area (Å²) in [6, 6.07) is 11.4. The SMILES string of the molecule is Cc1cc(C)nc(CN2CCOc3c(cc(Cn4ccnc4C)cc3-c3cc(C)c(F)cc3C)C2=O)c1. The minimum Gasteiger partial charge on any atom is -0.490 e. The van der Waals surface area contributed by atoms with E-state index in [1.54, 1.807) is 24.1 Å². The number of benzene rings is 2. The first-order valence-electron chi connectivity index (χ1n) is 12.5. The van der Waals surface area contributed by atoms with E-state index >= 15 is 0 Å². The highest BCUT2D eigenvalue weighted by molar-refractivity contribution is 6.00. The monoisotopic (exact) mass is 498 g/mol. The second-order valence-electron chi connectivity index (χ2n) is 9.89. The van der Waals surface area contributed by atoms with Crippen molar-refractivity contribution in [2.75, 3.05) is 13.2 Å². The molecule has 190 valence electrons. The van der Waals surface area contributed by atoms with Gasteiger partial charge in [0.2, 0.25) is 0 Å². The number of aromatic nitrogens is 3. The molecular weight excluding hydrogens is 467 g/mol. The first-order valence-corrected chi connectivity index (χ1v) is 12.5. The van der Waals surface area contributed by atoms with E-state index in [4.69, 9.17) is 4.74 Å². The van der Waals surface area contributed by atoms with Gasteiger partial charge in [-0.3, -0.25) is 9.78 Å². The summed E-state index contributed by atoms with van der Waals surface area (Å²) in [5.41, 5.74) is 7.34. The molecular formula is C30H31FN4O2. The van der Waals surface area contributed by atoms with Crippen molar-refractivity contribution in [1.29, 1.82) is 0 Å². The van der Waals surface area contributed by atoms with E-state index in [9.17, 15) is 9.18 Å². The van der Waals surface area contributed by atoms with Gasteiger partial charge in [0.05, 0.1) is 24.3 Å². The van der Waals surface area contributed by atoms with Crippen molar-refractivity contribution < 1.29 is 13.9 Å². The first kappa shape index (κ1) is 24.7. The van der Waals surface area contributed by atoms with E-state index in [1.807, 2.05) is 68.8 Å². The Bertz CT molecular complexity index is 1490. The third kappa shape index (κ3) is 4.99. The van der Waals surface area contributed by atoms with E-state index in [-0.39, 0.29) is 11.7 Å². The molecule has 5 rings (SSSR count). The molecule has 1 amide bonds. The maximum Gasteiger partial charge on any atom is 0.258 e. The number of carbonyl (C=O) groups excluding carboxylic acids is 1. The molecule has 0 saturated heterocycles. The fraction of sp³-hybridized carbons (Fsp3) is 0.300. The number of halogens is 1. The van der Waals surface area contributed by atoms with Crippen molar-refractivity contribution in [1.82, 2.24) is 19.4 Å². The molecule has 0 unspecified atom stereocenters. The lowest BCUT2D eigenvalue weighted by atomic mass is 9.93. The number of fused-ring (bicyclic) bond motifs is 1. The van der Waals surface area contributed by atoms with E-state index in [1.165, 1.54) is 0 Å². The van der Waals surface area contributed by atoms with Crippen LogP contribution < -0.4 is 4.74 Å². The molecule has 0 saturated carbocycles. The number of hydrogen-bond donors (Lipinski definition) is 0. The van der Waals surface area contributed by atoms with Crippen LogP contribution in [-0.2, 0) is 13.1 Å². The van der Waals surface area contributed by atoms with Crippen LogP contribution in [0.1, 0.15) is 49.8 Å². The zero-order valence-electron chi connectivity index (χ0n) is 21.9.